The number of rotatable bonds is 15. The van der Waals surface area contributed by atoms with E-state index in [1.807, 2.05) is 0 Å². The van der Waals surface area contributed by atoms with E-state index >= 15 is 0 Å². The fourth-order valence-corrected chi connectivity index (χ4v) is 5.14. The largest absolute Gasteiger partial charge is 0.491 e. The minimum Gasteiger partial charge on any atom is -0.491 e. The molecule has 11 nitrogen and oxygen atoms in total. The number of carbonyl (C=O) groups excluding carboxylic acids is 2. The zero-order valence-corrected chi connectivity index (χ0v) is 26.5. The summed E-state index contributed by atoms with van der Waals surface area (Å²) in [5, 5.41) is 9.77. The highest BCUT2D eigenvalue weighted by molar-refractivity contribution is 6.32. The fourth-order valence-electron chi connectivity index (χ4n) is 4.90. The number of nitrogens with one attached hydrogen (secondary N) is 3. The molecule has 0 unspecified atom stereocenters. The first-order valence-corrected chi connectivity index (χ1v) is 15.6. The number of halogens is 2. The van der Waals surface area contributed by atoms with Crippen molar-refractivity contribution in [3.05, 3.63) is 90.0 Å². The molecule has 4 aromatic rings. The summed E-state index contributed by atoms with van der Waals surface area (Å²) in [7, 11) is 0. The Morgan fingerprint density at radius 2 is 1.91 bits per heavy atom. The van der Waals surface area contributed by atoms with E-state index in [1.54, 1.807) is 42.5 Å². The molecule has 0 spiro atoms. The number of fused-ring (bicyclic) bond motifs is 1. The topological polar surface area (TPSA) is 127 Å². The first kappa shape index (κ1) is 33.6. The maximum atomic E-state index is 13.5. The second-order valence-corrected chi connectivity index (χ2v) is 11.1. The van der Waals surface area contributed by atoms with Gasteiger partial charge in [0.1, 0.15) is 36.1 Å². The van der Waals surface area contributed by atoms with Crippen LogP contribution in [0.5, 0.6) is 11.5 Å². The number of aromatic nitrogens is 2. The molecule has 2 amide bonds. The van der Waals surface area contributed by atoms with Gasteiger partial charge in [-0.2, -0.15) is 0 Å². The van der Waals surface area contributed by atoms with Crippen molar-refractivity contribution >= 4 is 51.5 Å². The van der Waals surface area contributed by atoms with Crippen molar-refractivity contribution in [1.82, 2.24) is 20.2 Å². The number of anilines is 3. The van der Waals surface area contributed by atoms with Crippen LogP contribution in [-0.2, 0) is 20.9 Å². The summed E-state index contributed by atoms with van der Waals surface area (Å²) in [5.41, 5.74) is 2.37. The number of nitrogens with zero attached hydrogens (tertiary/aromatic N) is 3. The number of morpholine rings is 1. The second-order valence-electron chi connectivity index (χ2n) is 10.7. The average molecular weight is 663 g/mol. The van der Waals surface area contributed by atoms with Gasteiger partial charge in [-0.05, 0) is 54.5 Å². The highest BCUT2D eigenvalue weighted by Crippen LogP contribution is 2.35. The van der Waals surface area contributed by atoms with Crippen LogP contribution in [0, 0.1) is 5.82 Å². The molecule has 246 valence electrons. The molecule has 1 fully saturated rings. The number of benzene rings is 3. The quantitative estimate of drug-likeness (QED) is 0.112. The van der Waals surface area contributed by atoms with Gasteiger partial charge in [-0.15, -0.1) is 0 Å². The Kier molecular flexibility index (Phi) is 11.9. The number of carbonyl (C=O) groups is 2. The van der Waals surface area contributed by atoms with Crippen molar-refractivity contribution in [3.63, 3.8) is 0 Å². The Morgan fingerprint density at radius 1 is 1.06 bits per heavy atom. The predicted octanol–water partition coefficient (Wildman–Crippen LogP) is 5.48. The molecule has 2 heterocycles. The minimum absolute atomic E-state index is 0.0522. The molecule has 0 radical (unpaired) electrons. The van der Waals surface area contributed by atoms with E-state index in [9.17, 15) is 14.0 Å². The normalized spacial score (nSPS) is 13.1. The number of hydrogen-bond acceptors (Lipinski definition) is 9. The van der Waals surface area contributed by atoms with Crippen LogP contribution in [0.2, 0.25) is 5.02 Å². The predicted molar refractivity (Wildman–Crippen MR) is 179 cm³/mol. The van der Waals surface area contributed by atoms with E-state index in [2.05, 4.69) is 37.4 Å². The molecular formula is C34H36ClFN6O5. The fraction of sp³-hybridized carbons (Fsp3) is 0.294. The summed E-state index contributed by atoms with van der Waals surface area (Å²) in [6, 6.07) is 14.9. The Labute approximate surface area is 277 Å². The number of hydrogen-bond donors (Lipinski definition) is 3. The maximum absolute atomic E-state index is 13.5. The van der Waals surface area contributed by atoms with Gasteiger partial charge in [0.05, 0.1) is 36.0 Å². The first-order valence-electron chi connectivity index (χ1n) is 15.2. The van der Waals surface area contributed by atoms with Gasteiger partial charge in [0, 0.05) is 49.7 Å². The van der Waals surface area contributed by atoms with Crippen molar-refractivity contribution in [2.75, 3.05) is 56.6 Å². The van der Waals surface area contributed by atoms with Crippen LogP contribution in [0.1, 0.15) is 18.4 Å². The Balaban J connectivity index is 1.31. The highest BCUT2D eigenvalue weighted by Gasteiger charge is 2.16. The summed E-state index contributed by atoms with van der Waals surface area (Å²) in [6.07, 6.45) is 3.43. The summed E-state index contributed by atoms with van der Waals surface area (Å²) < 4.78 is 30.9. The van der Waals surface area contributed by atoms with Crippen molar-refractivity contribution < 1.29 is 28.2 Å². The molecule has 13 heteroatoms. The molecule has 0 atom stereocenters. The molecule has 1 aliphatic rings. The van der Waals surface area contributed by atoms with Crippen LogP contribution in [0.3, 0.4) is 0 Å². The number of amides is 2. The highest BCUT2D eigenvalue weighted by atomic mass is 35.5. The summed E-state index contributed by atoms with van der Waals surface area (Å²) >= 11 is 6.52. The van der Waals surface area contributed by atoms with Gasteiger partial charge >= 0.3 is 0 Å². The van der Waals surface area contributed by atoms with Gasteiger partial charge < -0.3 is 30.2 Å². The lowest BCUT2D eigenvalue weighted by Crippen LogP contribution is -2.37. The zero-order valence-electron chi connectivity index (χ0n) is 25.8. The molecule has 3 N–H and O–H groups in total. The summed E-state index contributed by atoms with van der Waals surface area (Å²) in [4.78, 5) is 35.6. The van der Waals surface area contributed by atoms with Crippen molar-refractivity contribution in [2.24, 2.45) is 0 Å². The average Bonchev–Trinajstić information content (AvgIpc) is 3.07. The third-order valence-corrected chi connectivity index (χ3v) is 7.60. The lowest BCUT2D eigenvalue weighted by molar-refractivity contribution is -0.117. The standard InChI is InChI=1S/C34H36ClFN6O5/c1-2-32(43)37-10-9-33(44)41-29-19-26-28(20-31(29)46-14-4-11-42-12-15-45-16-13-42)38-22-39-34(26)40-25-7-8-30(27(35)18-25)47-21-23-5-3-6-24(36)17-23/h2-3,5-8,17-20,22H,1,4,9-16,21H2,(H,37,43)(H,41,44)(H,38,39,40). The van der Waals surface area contributed by atoms with Crippen molar-refractivity contribution in [2.45, 2.75) is 19.4 Å². The third-order valence-electron chi connectivity index (χ3n) is 7.31. The Bertz CT molecular complexity index is 1720. The van der Waals surface area contributed by atoms with Gasteiger partial charge in [-0.25, -0.2) is 14.4 Å². The van der Waals surface area contributed by atoms with Crippen LogP contribution >= 0.6 is 11.6 Å². The number of ether oxygens (including phenoxy) is 3. The molecule has 1 saturated heterocycles. The van der Waals surface area contributed by atoms with E-state index < -0.39 is 0 Å². The van der Waals surface area contributed by atoms with Gasteiger partial charge in [0.2, 0.25) is 11.8 Å². The van der Waals surface area contributed by atoms with E-state index in [-0.39, 0.29) is 37.2 Å². The molecule has 47 heavy (non-hydrogen) atoms. The molecule has 0 aliphatic carbocycles. The van der Waals surface area contributed by atoms with E-state index in [0.29, 0.717) is 56.8 Å². The molecule has 0 bridgehead atoms. The van der Waals surface area contributed by atoms with Crippen LogP contribution < -0.4 is 25.4 Å². The van der Waals surface area contributed by atoms with Gasteiger partial charge in [-0.1, -0.05) is 30.3 Å². The summed E-state index contributed by atoms with van der Waals surface area (Å²) in [6.45, 7) is 8.27. The second kappa shape index (κ2) is 16.7. The van der Waals surface area contributed by atoms with E-state index in [4.69, 9.17) is 25.8 Å². The third kappa shape index (κ3) is 9.85. The minimum atomic E-state index is -0.355. The molecule has 1 aromatic heterocycles. The van der Waals surface area contributed by atoms with Crippen LogP contribution in [-0.4, -0.2) is 72.7 Å². The molecule has 5 rings (SSSR count). The molecule has 3 aromatic carbocycles. The molecular weight excluding hydrogens is 627 g/mol. The monoisotopic (exact) mass is 662 g/mol. The SMILES string of the molecule is C=CC(=O)NCCC(=O)Nc1cc2c(Nc3ccc(OCc4cccc(F)c4)c(Cl)c3)ncnc2cc1OCCCN1CCOCC1. The molecule has 1 aliphatic heterocycles. The first-order chi connectivity index (χ1) is 22.9. The van der Waals surface area contributed by atoms with Gasteiger partial charge in [0.25, 0.3) is 0 Å². The lowest BCUT2D eigenvalue weighted by atomic mass is 10.1. The Hall–Kier alpha value is -4.78. The summed E-state index contributed by atoms with van der Waals surface area (Å²) in [5.74, 6) is 0.392. The van der Waals surface area contributed by atoms with Crippen LogP contribution in [0.25, 0.3) is 10.9 Å². The Morgan fingerprint density at radius 3 is 2.70 bits per heavy atom. The molecule has 0 saturated carbocycles. The van der Waals surface area contributed by atoms with Gasteiger partial charge in [-0.3, -0.25) is 14.5 Å². The van der Waals surface area contributed by atoms with Crippen molar-refractivity contribution in [3.8, 4) is 11.5 Å². The lowest BCUT2D eigenvalue weighted by Gasteiger charge is -2.26. The van der Waals surface area contributed by atoms with Crippen molar-refractivity contribution in [1.29, 1.82) is 0 Å². The van der Waals surface area contributed by atoms with Crippen LogP contribution in [0.4, 0.5) is 21.6 Å². The zero-order chi connectivity index (χ0) is 33.0. The maximum Gasteiger partial charge on any atom is 0.243 e. The van der Waals surface area contributed by atoms with E-state index in [0.717, 1.165) is 45.3 Å². The van der Waals surface area contributed by atoms with Gasteiger partial charge in [0.15, 0.2) is 0 Å². The smallest absolute Gasteiger partial charge is 0.243 e. The van der Waals surface area contributed by atoms with Crippen LogP contribution in [0.15, 0.2) is 73.6 Å². The van der Waals surface area contributed by atoms with E-state index in [1.165, 1.54) is 18.5 Å².